The number of hydrogen-bond donors (Lipinski definition) is 12. The number of hydrogen-bond acceptors (Lipinski definition) is 18. The van der Waals surface area contributed by atoms with Gasteiger partial charge in [0, 0.05) is 6.42 Å². The number of aliphatic hydroxyl groups is 11. The molecule has 514 valence electrons. The largest absolute Gasteiger partial charge is 0.394 e. The molecule has 19 heteroatoms. The van der Waals surface area contributed by atoms with Crippen molar-refractivity contribution in [2.75, 3.05) is 26.4 Å². The van der Waals surface area contributed by atoms with Gasteiger partial charge in [0.05, 0.1) is 38.6 Å². The van der Waals surface area contributed by atoms with Crippen LogP contribution in [0.3, 0.4) is 0 Å². The van der Waals surface area contributed by atoms with Crippen molar-refractivity contribution in [3.8, 4) is 0 Å². The molecule has 3 heterocycles. The molecule has 3 saturated heterocycles. The van der Waals surface area contributed by atoms with Crippen molar-refractivity contribution >= 4 is 5.91 Å². The molecule has 3 aliphatic rings. The summed E-state index contributed by atoms with van der Waals surface area (Å²) < 4.78 is 34.3. The van der Waals surface area contributed by atoms with Gasteiger partial charge in [0.1, 0.15) is 73.2 Å². The number of allylic oxidation sites excluding steroid dienone is 13. The van der Waals surface area contributed by atoms with Crippen molar-refractivity contribution in [1.82, 2.24) is 5.32 Å². The van der Waals surface area contributed by atoms with Gasteiger partial charge in [-0.25, -0.2) is 0 Å². The van der Waals surface area contributed by atoms with Crippen molar-refractivity contribution in [2.45, 2.75) is 324 Å². The summed E-state index contributed by atoms with van der Waals surface area (Å²) in [6.45, 7) is 1.60. The Morgan fingerprint density at radius 1 is 0.416 bits per heavy atom. The Morgan fingerprint density at radius 3 is 1.21 bits per heavy atom. The lowest BCUT2D eigenvalue weighted by atomic mass is 9.96. The van der Waals surface area contributed by atoms with E-state index in [0.29, 0.717) is 6.42 Å². The summed E-state index contributed by atoms with van der Waals surface area (Å²) >= 11 is 0. The monoisotopic (exact) mass is 1260 g/mol. The Balaban J connectivity index is 1.42. The van der Waals surface area contributed by atoms with E-state index >= 15 is 0 Å². The second-order valence-electron chi connectivity index (χ2n) is 24.3. The van der Waals surface area contributed by atoms with Crippen LogP contribution in [0, 0.1) is 0 Å². The number of nitrogens with one attached hydrogen (secondary N) is 1. The van der Waals surface area contributed by atoms with E-state index < -0.39 is 124 Å². The number of rotatable bonds is 51. The minimum Gasteiger partial charge on any atom is -0.394 e. The van der Waals surface area contributed by atoms with E-state index in [2.05, 4.69) is 92.1 Å². The van der Waals surface area contributed by atoms with E-state index in [1.165, 1.54) is 96.3 Å². The zero-order valence-corrected chi connectivity index (χ0v) is 54.1. The van der Waals surface area contributed by atoms with Crippen LogP contribution in [0.1, 0.15) is 219 Å². The van der Waals surface area contributed by atoms with Crippen molar-refractivity contribution in [3.63, 3.8) is 0 Å². The zero-order valence-electron chi connectivity index (χ0n) is 54.1. The highest BCUT2D eigenvalue weighted by molar-refractivity contribution is 5.76. The van der Waals surface area contributed by atoms with Gasteiger partial charge in [-0.1, -0.05) is 227 Å². The van der Waals surface area contributed by atoms with Crippen LogP contribution in [-0.2, 0) is 33.2 Å². The first-order valence-corrected chi connectivity index (χ1v) is 34.3. The molecule has 0 radical (unpaired) electrons. The maximum Gasteiger partial charge on any atom is 0.220 e. The van der Waals surface area contributed by atoms with Gasteiger partial charge in [0.15, 0.2) is 18.9 Å². The van der Waals surface area contributed by atoms with Crippen LogP contribution in [0.4, 0.5) is 0 Å². The Kier molecular flexibility index (Phi) is 46.3. The summed E-state index contributed by atoms with van der Waals surface area (Å²) in [6.07, 6.45) is 38.4. The summed E-state index contributed by atoms with van der Waals surface area (Å²) in [5.41, 5.74) is 0. The predicted molar refractivity (Wildman–Crippen MR) is 346 cm³/mol. The lowest BCUT2D eigenvalue weighted by Crippen LogP contribution is -2.66. The van der Waals surface area contributed by atoms with E-state index in [9.17, 15) is 61.0 Å². The normalized spacial score (nSPS) is 28.8. The fraction of sp³-hybridized carbons (Fsp3) is 0.786. The maximum atomic E-state index is 13.4. The van der Waals surface area contributed by atoms with E-state index in [1.807, 2.05) is 6.08 Å². The Labute approximate surface area is 533 Å². The van der Waals surface area contributed by atoms with Gasteiger partial charge >= 0.3 is 0 Å². The highest BCUT2D eigenvalue weighted by Crippen LogP contribution is 2.33. The van der Waals surface area contributed by atoms with Crippen LogP contribution in [0.15, 0.2) is 85.1 Å². The average Bonchev–Trinajstić information content (AvgIpc) is 2.42. The second-order valence-corrected chi connectivity index (χ2v) is 24.3. The minimum atomic E-state index is -1.98. The van der Waals surface area contributed by atoms with Crippen molar-refractivity contribution in [2.24, 2.45) is 0 Å². The molecule has 0 spiro atoms. The Hall–Kier alpha value is -3.03. The number of unbranched alkanes of at least 4 members (excludes halogenated alkanes) is 23. The number of carbonyl (C=O) groups is 1. The maximum absolute atomic E-state index is 13.4. The van der Waals surface area contributed by atoms with Crippen LogP contribution in [0.5, 0.6) is 0 Å². The molecule has 3 fully saturated rings. The van der Waals surface area contributed by atoms with Crippen LogP contribution in [-0.4, -0.2) is 193 Å². The molecule has 3 aliphatic heterocycles. The summed E-state index contributed by atoms with van der Waals surface area (Å²) in [7, 11) is 0. The summed E-state index contributed by atoms with van der Waals surface area (Å²) in [5, 5.41) is 120. The summed E-state index contributed by atoms with van der Waals surface area (Å²) in [6, 6.07) is -0.980. The predicted octanol–water partition coefficient (Wildman–Crippen LogP) is 8.71. The lowest BCUT2D eigenvalue weighted by Gasteiger charge is -2.48. The van der Waals surface area contributed by atoms with Gasteiger partial charge in [0.25, 0.3) is 0 Å². The highest BCUT2D eigenvalue weighted by atomic mass is 16.8. The molecule has 0 saturated carbocycles. The van der Waals surface area contributed by atoms with Crippen molar-refractivity contribution in [3.05, 3.63) is 85.1 Å². The number of carbonyl (C=O) groups excluding carboxylic acids is 1. The number of ether oxygens (including phenoxy) is 6. The smallest absolute Gasteiger partial charge is 0.220 e. The molecule has 89 heavy (non-hydrogen) atoms. The molecular formula is C70H121NO18. The average molecular weight is 1260 g/mol. The third-order valence-electron chi connectivity index (χ3n) is 16.7. The van der Waals surface area contributed by atoms with E-state index in [0.717, 1.165) is 96.3 Å². The third kappa shape index (κ3) is 33.6. The molecule has 0 bridgehead atoms. The van der Waals surface area contributed by atoms with Gasteiger partial charge in [-0.2, -0.15) is 0 Å². The van der Waals surface area contributed by atoms with Crippen LogP contribution < -0.4 is 5.32 Å². The lowest BCUT2D eigenvalue weighted by molar-refractivity contribution is -0.379. The van der Waals surface area contributed by atoms with Crippen LogP contribution in [0.25, 0.3) is 0 Å². The molecular weight excluding hydrogens is 1140 g/mol. The number of amides is 1. The van der Waals surface area contributed by atoms with Crippen molar-refractivity contribution in [1.29, 1.82) is 0 Å². The molecule has 0 aromatic heterocycles. The van der Waals surface area contributed by atoms with Gasteiger partial charge in [-0.3, -0.25) is 4.79 Å². The fourth-order valence-corrected chi connectivity index (χ4v) is 11.1. The Morgan fingerprint density at radius 2 is 0.775 bits per heavy atom. The van der Waals surface area contributed by atoms with Gasteiger partial charge < -0.3 is 89.9 Å². The standard InChI is InChI=1S/C70H121NO18/c1-3-5-7-9-11-13-15-17-19-20-21-22-23-24-25-26-27-28-29-30-31-32-34-36-38-40-42-44-46-48-58(76)71-53(54(75)47-45-43-41-39-37-35-33-18-16-14-12-10-8-6-4-2)52-84-68-64(82)61(79)66(56(50-73)86-68)89-70-65(83)62(80)67(57(51-74)87-70)88-69-63(81)60(78)59(77)55(49-72)85-69/h5,7,11,13,17,19,21-22,24-25,27-28,45,47,53-57,59-70,72-75,77-83H,3-4,6,8-10,12,14-16,18,20,23,26,29-44,46,48-52H2,1-2H3,(H,71,76)/b7-5-,13-11-,19-17-,22-21-,25-24-,28-27-,47-45+. The van der Waals surface area contributed by atoms with Crippen LogP contribution >= 0.6 is 0 Å². The molecule has 3 rings (SSSR count). The molecule has 19 nitrogen and oxygen atoms in total. The van der Waals surface area contributed by atoms with Crippen molar-refractivity contribution < 1.29 is 89.4 Å². The van der Waals surface area contributed by atoms with Crippen LogP contribution in [0.2, 0.25) is 0 Å². The second kappa shape index (κ2) is 51.4. The molecule has 1 amide bonds. The highest BCUT2D eigenvalue weighted by Gasteiger charge is 2.53. The molecule has 0 aromatic carbocycles. The number of aliphatic hydroxyl groups excluding tert-OH is 11. The zero-order chi connectivity index (χ0) is 64.7. The first kappa shape index (κ1) is 80.2. The molecule has 0 aliphatic carbocycles. The van der Waals surface area contributed by atoms with E-state index in [-0.39, 0.29) is 18.9 Å². The van der Waals surface area contributed by atoms with Gasteiger partial charge in [-0.15, -0.1) is 0 Å². The molecule has 12 N–H and O–H groups in total. The molecule has 0 aromatic rings. The Bertz CT molecular complexity index is 1940. The summed E-state index contributed by atoms with van der Waals surface area (Å²) in [4.78, 5) is 13.4. The topological polar surface area (TPSA) is 307 Å². The fourth-order valence-electron chi connectivity index (χ4n) is 11.1. The first-order valence-electron chi connectivity index (χ1n) is 34.3. The SMILES string of the molecule is CC/C=C\C/C=C\C/C=C\C/C=C\C/C=C\C/C=C\CCCCCCCCCCCCC(=O)NC(COC1OC(CO)C(OC2OC(CO)C(OC3OC(CO)C(O)C(O)C3O)C(O)C2O)C(O)C1O)C(O)/C=C/CCCCCCCCCCCCCCC. The quantitative estimate of drug-likeness (QED) is 0.0200. The van der Waals surface area contributed by atoms with Gasteiger partial charge in [0.2, 0.25) is 5.91 Å². The minimum absolute atomic E-state index is 0.233. The third-order valence-corrected chi connectivity index (χ3v) is 16.7. The van der Waals surface area contributed by atoms with E-state index in [1.54, 1.807) is 6.08 Å². The first-order chi connectivity index (χ1) is 43.3. The molecule has 17 atom stereocenters. The molecule has 17 unspecified atom stereocenters. The van der Waals surface area contributed by atoms with E-state index in [4.69, 9.17) is 28.4 Å². The summed E-state index contributed by atoms with van der Waals surface area (Å²) in [5.74, 6) is -0.284. The van der Waals surface area contributed by atoms with Gasteiger partial charge in [-0.05, 0) is 70.6 Å².